The zero-order chi connectivity index (χ0) is 71.0. The van der Waals surface area contributed by atoms with Gasteiger partial charge in [0.1, 0.15) is 17.5 Å². The Labute approximate surface area is 587 Å². The summed E-state index contributed by atoms with van der Waals surface area (Å²) in [6.45, 7) is 14.8. The molecule has 6 aliphatic rings. The third kappa shape index (κ3) is 18.6. The van der Waals surface area contributed by atoms with E-state index in [0.717, 1.165) is 149 Å². The van der Waals surface area contributed by atoms with Gasteiger partial charge in [0, 0.05) is 191 Å². The molecular formula is C71H91N15O11S3. The van der Waals surface area contributed by atoms with Crippen molar-refractivity contribution in [1.29, 1.82) is 0 Å². The summed E-state index contributed by atoms with van der Waals surface area (Å²) in [6.07, 6.45) is 12.6. The number of piperazine rings is 2. The average molecular weight is 1430 g/mol. The number of hydroxylamine groups is 1. The number of carbonyl (C=O) groups is 3. The monoisotopic (exact) mass is 1430 g/mol. The van der Waals surface area contributed by atoms with Gasteiger partial charge < -0.3 is 39.9 Å². The van der Waals surface area contributed by atoms with Crippen LogP contribution in [0.15, 0.2) is 177 Å². The molecule has 534 valence electrons. The number of nitrogens with one attached hydrogen (secondary N) is 3. The number of aromatic nitrogens is 3. The Morgan fingerprint density at radius 3 is 1.04 bits per heavy atom. The molecule has 26 nitrogen and oxygen atoms in total. The summed E-state index contributed by atoms with van der Waals surface area (Å²) in [7, 11) is -1.77. The Hall–Kier alpha value is -8.33. The highest BCUT2D eigenvalue weighted by atomic mass is 32.2. The van der Waals surface area contributed by atoms with E-state index in [4.69, 9.17) is 9.94 Å². The molecule has 3 fully saturated rings. The summed E-state index contributed by atoms with van der Waals surface area (Å²) in [6, 6.07) is 32.7. The van der Waals surface area contributed by atoms with E-state index in [9.17, 15) is 39.6 Å². The molecule has 29 heteroatoms. The lowest BCUT2D eigenvalue weighted by Crippen LogP contribution is -2.47. The molecule has 12 rings (SSSR count). The van der Waals surface area contributed by atoms with Gasteiger partial charge in [0.25, 0.3) is 5.91 Å². The first-order valence-electron chi connectivity index (χ1n) is 33.7. The van der Waals surface area contributed by atoms with E-state index in [1.165, 1.54) is 19.0 Å². The Bertz CT molecular complexity index is 4210. The standard InChI is InChI=1S/C24H31N5O5S.C24H31N5O3S.C23H29N5O3S/c1-34-17-16-27-12-14-28(15-13-27)23-7-4-21(18-25-23)19-2-5-22(6-3-19)35(32,33)29-10-8-20(9-11-29)24(30)26-31;1-25-24(30)20-10-14-29(15-11-20)33(31,32)22-7-4-19(5-8-22)21-6-9-23(26-18-21)28-13-3-12-27(2)16-17-28;1-24-23(29)19-9-11-28(12-10-19)32(30,31)21-6-3-18(4-7-21)20-5-8-22(25-17-20)27-15-13-26(2)14-16-27/h2-8,18,31H,9-17H2,1H3,(H,26,30);4-10,18H,3,11-17H2,1-2H3,(H,25,30);3-9,17H,10-16H2,1-2H3,(H,24,29). The second-order valence-corrected chi connectivity index (χ2v) is 31.0. The normalized spacial score (nSPS) is 18.2. The van der Waals surface area contributed by atoms with Crippen LogP contribution in [0.4, 0.5) is 17.5 Å². The minimum atomic E-state index is -3.69. The number of carbonyl (C=O) groups excluding carboxylic acids is 3. The van der Waals surface area contributed by atoms with Crippen LogP contribution in [0.1, 0.15) is 25.7 Å². The van der Waals surface area contributed by atoms with Crippen molar-refractivity contribution in [3.8, 4) is 33.4 Å². The second-order valence-electron chi connectivity index (χ2n) is 25.2. The lowest BCUT2D eigenvalue weighted by atomic mass is 10.1. The number of anilines is 3. The van der Waals surface area contributed by atoms with E-state index in [0.29, 0.717) is 42.7 Å². The minimum absolute atomic E-state index is 0.0822. The number of methoxy groups -OCH3 is 1. The largest absolute Gasteiger partial charge is 0.383 e. The van der Waals surface area contributed by atoms with Crippen LogP contribution >= 0.6 is 0 Å². The first-order valence-corrected chi connectivity index (χ1v) is 38.0. The first kappa shape index (κ1) is 74.4. The Kier molecular flexibility index (Phi) is 25.5. The summed E-state index contributed by atoms with van der Waals surface area (Å²) in [5.74, 6) is 1.97. The van der Waals surface area contributed by atoms with Gasteiger partial charge in [-0.05, 0) is 136 Å². The molecule has 0 aliphatic carbocycles. The molecule has 0 atom stereocenters. The summed E-state index contributed by atoms with van der Waals surface area (Å²) in [4.78, 5) is 63.5. The van der Waals surface area contributed by atoms with Crippen molar-refractivity contribution in [3.63, 3.8) is 0 Å². The number of rotatable bonds is 18. The van der Waals surface area contributed by atoms with Crippen LogP contribution in [-0.4, -0.2) is 257 Å². The summed E-state index contributed by atoms with van der Waals surface area (Å²) in [5, 5.41) is 13.9. The maximum absolute atomic E-state index is 13.0. The number of benzene rings is 3. The van der Waals surface area contributed by atoms with Crippen LogP contribution < -0.4 is 30.8 Å². The predicted molar refractivity (Wildman–Crippen MR) is 386 cm³/mol. The van der Waals surface area contributed by atoms with Gasteiger partial charge in [0.05, 0.1) is 21.3 Å². The highest BCUT2D eigenvalue weighted by Crippen LogP contribution is 2.31. The molecule has 3 aromatic carbocycles. The van der Waals surface area contributed by atoms with Gasteiger partial charge in [-0.25, -0.2) is 45.7 Å². The molecule has 0 saturated carbocycles. The number of amides is 3. The van der Waals surface area contributed by atoms with Crippen LogP contribution in [0.25, 0.3) is 33.4 Å². The topological polar surface area (TPSA) is 287 Å². The van der Waals surface area contributed by atoms with E-state index >= 15 is 0 Å². The highest BCUT2D eigenvalue weighted by molar-refractivity contribution is 7.89. The predicted octanol–water partition coefficient (Wildman–Crippen LogP) is 4.87. The van der Waals surface area contributed by atoms with Crippen LogP contribution in [0.3, 0.4) is 0 Å². The van der Waals surface area contributed by atoms with Gasteiger partial charge in [-0.15, -0.1) is 0 Å². The number of hydrogen-bond acceptors (Lipinski definition) is 20. The van der Waals surface area contributed by atoms with Gasteiger partial charge in [0.15, 0.2) is 0 Å². The zero-order valence-corrected chi connectivity index (χ0v) is 59.9. The molecule has 3 saturated heterocycles. The van der Waals surface area contributed by atoms with Gasteiger partial charge in [-0.1, -0.05) is 54.6 Å². The fourth-order valence-electron chi connectivity index (χ4n) is 12.5. The lowest BCUT2D eigenvalue weighted by molar-refractivity contribution is -0.125. The van der Waals surface area contributed by atoms with E-state index in [-0.39, 0.29) is 59.1 Å². The number of ether oxygens (including phenoxy) is 1. The summed E-state index contributed by atoms with van der Waals surface area (Å²) in [5.41, 5.74) is 8.74. The van der Waals surface area contributed by atoms with Gasteiger partial charge in [-0.3, -0.25) is 24.5 Å². The molecule has 3 aromatic heterocycles. The third-order valence-corrected chi connectivity index (χ3v) is 24.5. The van der Waals surface area contributed by atoms with Crippen LogP contribution in [0.5, 0.6) is 0 Å². The molecule has 3 amide bonds. The molecule has 4 N–H and O–H groups in total. The van der Waals surface area contributed by atoms with Crippen molar-refractivity contribution >= 4 is 65.2 Å². The molecule has 6 aliphatic heterocycles. The third-order valence-electron chi connectivity index (χ3n) is 18.8. The molecule has 100 heavy (non-hydrogen) atoms. The molecule has 9 heterocycles. The lowest BCUT2D eigenvalue weighted by Gasteiger charge is -2.35. The number of pyridine rings is 3. The Balaban J connectivity index is 0.000000162. The number of sulfonamides is 3. The zero-order valence-electron chi connectivity index (χ0n) is 57.4. The first-order chi connectivity index (χ1) is 48.2. The Morgan fingerprint density at radius 1 is 0.420 bits per heavy atom. The van der Waals surface area contributed by atoms with E-state index < -0.39 is 36.0 Å². The summed E-state index contributed by atoms with van der Waals surface area (Å²) < 4.78 is 87.3. The fourth-order valence-corrected chi connectivity index (χ4v) is 16.6. The quantitative estimate of drug-likeness (QED) is 0.0660. The number of nitrogens with zero attached hydrogens (tertiary/aromatic N) is 12. The maximum atomic E-state index is 13.0. The molecule has 0 bridgehead atoms. The van der Waals surface area contributed by atoms with Crippen molar-refractivity contribution in [2.45, 2.75) is 40.4 Å². The molecule has 0 spiro atoms. The van der Waals surface area contributed by atoms with Crippen LogP contribution in [-0.2, 0) is 49.2 Å². The molecule has 0 radical (unpaired) electrons. The summed E-state index contributed by atoms with van der Waals surface area (Å²) >= 11 is 0. The minimum Gasteiger partial charge on any atom is -0.383 e. The van der Waals surface area contributed by atoms with Gasteiger partial charge in [0.2, 0.25) is 41.9 Å². The second kappa shape index (κ2) is 34.4. The van der Waals surface area contributed by atoms with E-state index in [1.54, 1.807) is 87.4 Å². The highest BCUT2D eigenvalue weighted by Gasteiger charge is 2.31. The van der Waals surface area contributed by atoms with Crippen molar-refractivity contribution in [2.24, 2.45) is 0 Å². The van der Waals surface area contributed by atoms with E-state index in [1.807, 2.05) is 79.3 Å². The van der Waals surface area contributed by atoms with Crippen LogP contribution in [0, 0.1) is 0 Å². The molecule has 0 unspecified atom stereocenters. The fraction of sp³-hybridized carbons (Fsp3) is 0.408. The van der Waals surface area contributed by atoms with Gasteiger partial charge in [-0.2, -0.15) is 12.9 Å². The van der Waals surface area contributed by atoms with Gasteiger partial charge >= 0.3 is 0 Å². The SMILES string of the molecule is CNC(=O)C1=CCN(S(=O)(=O)c2ccc(-c3ccc(N4CCCN(C)CC4)nc3)cc2)CC1.CNC(=O)C1=CCN(S(=O)(=O)c2ccc(-c3ccc(N4CCN(C)CC4)nc3)cc2)CC1.COCCN1CCN(c2ccc(-c3ccc(S(=O)(=O)N4CC=C(C(=O)NO)CC4)cc3)cn2)CC1. The maximum Gasteiger partial charge on any atom is 0.270 e. The molecule has 6 aromatic rings. The van der Waals surface area contributed by atoms with Crippen LogP contribution in [0.2, 0.25) is 0 Å². The smallest absolute Gasteiger partial charge is 0.270 e. The van der Waals surface area contributed by atoms with Crippen molar-refractivity contribution in [3.05, 3.63) is 163 Å². The number of likely N-dealkylation sites (N-methyl/N-ethyl adjacent to an activating group) is 4. The van der Waals surface area contributed by atoms with Crippen molar-refractivity contribution in [1.82, 2.24) is 58.7 Å². The average Bonchev–Trinajstić information content (AvgIpc) is 0.870. The number of hydrogen-bond donors (Lipinski definition) is 4. The van der Waals surface area contributed by atoms with E-state index in [2.05, 4.69) is 69.1 Å². The molecular weight excluding hydrogens is 1340 g/mol. The van der Waals surface area contributed by atoms with Crippen molar-refractivity contribution < 1.29 is 49.6 Å². The Morgan fingerprint density at radius 2 is 0.740 bits per heavy atom. The van der Waals surface area contributed by atoms with Crippen molar-refractivity contribution in [2.75, 3.05) is 181 Å².